The van der Waals surface area contributed by atoms with Crippen molar-refractivity contribution in [2.75, 3.05) is 14.2 Å². The van der Waals surface area contributed by atoms with Crippen LogP contribution in [0.25, 0.3) is 11.4 Å². The van der Waals surface area contributed by atoms with Crippen LogP contribution in [0.4, 0.5) is 0 Å². The van der Waals surface area contributed by atoms with Crippen LogP contribution < -0.4 is 9.47 Å². The fraction of sp³-hybridized carbons (Fsp3) is 0.211. The molecule has 1 heterocycles. The Morgan fingerprint density at radius 2 is 1.78 bits per heavy atom. The first-order valence-corrected chi connectivity index (χ1v) is 7.53. The van der Waals surface area contributed by atoms with Gasteiger partial charge in [0.2, 0.25) is 0 Å². The number of imidazole rings is 1. The molecule has 23 heavy (non-hydrogen) atoms. The van der Waals surface area contributed by atoms with Crippen molar-refractivity contribution < 1.29 is 9.47 Å². The fourth-order valence-electron chi connectivity index (χ4n) is 2.58. The van der Waals surface area contributed by atoms with Crippen molar-refractivity contribution in [3.05, 3.63) is 65.5 Å². The normalized spacial score (nSPS) is 10.6. The van der Waals surface area contributed by atoms with Crippen molar-refractivity contribution in [3.8, 4) is 22.9 Å². The highest BCUT2D eigenvalue weighted by Gasteiger charge is 2.13. The molecule has 0 fully saturated rings. The van der Waals surface area contributed by atoms with E-state index >= 15 is 0 Å². The lowest BCUT2D eigenvalue weighted by molar-refractivity contribution is 0.395. The Balaban J connectivity index is 1.94. The summed E-state index contributed by atoms with van der Waals surface area (Å²) in [6, 6.07) is 16.1. The van der Waals surface area contributed by atoms with Gasteiger partial charge in [0.05, 0.1) is 25.5 Å². The molecule has 0 aliphatic carbocycles. The predicted molar refractivity (Wildman–Crippen MR) is 91.1 cm³/mol. The van der Waals surface area contributed by atoms with Crippen molar-refractivity contribution >= 4 is 0 Å². The lowest BCUT2D eigenvalue weighted by atomic mass is 10.1. The van der Waals surface area contributed by atoms with E-state index in [0.29, 0.717) is 0 Å². The molecule has 0 aliphatic rings. The molecule has 0 atom stereocenters. The quantitative estimate of drug-likeness (QED) is 0.775. The summed E-state index contributed by atoms with van der Waals surface area (Å²) in [5.41, 5.74) is 4.29. The third kappa shape index (κ3) is 3.21. The van der Waals surface area contributed by atoms with Gasteiger partial charge in [-0.3, -0.25) is 0 Å². The molecule has 4 heteroatoms. The molecule has 0 unspecified atom stereocenters. The third-order valence-corrected chi connectivity index (χ3v) is 3.86. The number of ether oxygens (including phenoxy) is 2. The van der Waals surface area contributed by atoms with Crippen molar-refractivity contribution in [2.45, 2.75) is 13.3 Å². The monoisotopic (exact) mass is 308 g/mol. The van der Waals surface area contributed by atoms with Crippen molar-refractivity contribution in [2.24, 2.45) is 0 Å². The minimum Gasteiger partial charge on any atom is -0.497 e. The molecule has 1 aromatic heterocycles. The van der Waals surface area contributed by atoms with Crippen LogP contribution in [0.3, 0.4) is 0 Å². The topological polar surface area (TPSA) is 47.1 Å². The lowest BCUT2D eigenvalue weighted by Crippen LogP contribution is -1.92. The van der Waals surface area contributed by atoms with Crippen LogP contribution in [0.2, 0.25) is 0 Å². The Hall–Kier alpha value is -2.75. The number of aromatic nitrogens is 2. The summed E-state index contributed by atoms with van der Waals surface area (Å²) in [5.74, 6) is 2.32. The Morgan fingerprint density at radius 3 is 2.48 bits per heavy atom. The van der Waals surface area contributed by atoms with Gasteiger partial charge in [0.15, 0.2) is 0 Å². The van der Waals surface area contributed by atoms with Gasteiger partial charge in [-0.2, -0.15) is 0 Å². The van der Waals surface area contributed by atoms with E-state index < -0.39 is 0 Å². The zero-order valence-electron chi connectivity index (χ0n) is 13.6. The first kappa shape index (κ1) is 15.2. The van der Waals surface area contributed by atoms with E-state index in [1.807, 2.05) is 43.3 Å². The molecule has 4 nitrogen and oxygen atoms in total. The van der Waals surface area contributed by atoms with Gasteiger partial charge in [0, 0.05) is 18.2 Å². The molecule has 0 saturated carbocycles. The van der Waals surface area contributed by atoms with E-state index in [-0.39, 0.29) is 0 Å². The summed E-state index contributed by atoms with van der Waals surface area (Å²) in [7, 11) is 3.29. The molecule has 0 aliphatic heterocycles. The molecule has 0 bridgehead atoms. The lowest BCUT2D eigenvalue weighted by Gasteiger charge is -2.08. The van der Waals surface area contributed by atoms with Crippen LogP contribution in [0.5, 0.6) is 11.5 Å². The number of H-pyrrole nitrogens is 1. The first-order valence-electron chi connectivity index (χ1n) is 7.53. The minimum atomic E-state index is 0.740. The Bertz CT molecular complexity index is 794. The summed E-state index contributed by atoms with van der Waals surface area (Å²) in [6.07, 6.45) is 0.807. The van der Waals surface area contributed by atoms with E-state index in [0.717, 1.165) is 40.7 Å². The highest BCUT2D eigenvalue weighted by molar-refractivity contribution is 5.66. The number of methoxy groups -OCH3 is 2. The fourth-order valence-corrected chi connectivity index (χ4v) is 2.58. The molecule has 3 rings (SSSR count). The highest BCUT2D eigenvalue weighted by atomic mass is 16.5. The number of hydrogen-bond donors (Lipinski definition) is 1. The van der Waals surface area contributed by atoms with Crippen LogP contribution in [0, 0.1) is 6.92 Å². The van der Waals surface area contributed by atoms with Crippen LogP contribution in [0.1, 0.15) is 17.0 Å². The van der Waals surface area contributed by atoms with Crippen molar-refractivity contribution in [3.63, 3.8) is 0 Å². The van der Waals surface area contributed by atoms with Crippen LogP contribution in [-0.2, 0) is 6.42 Å². The van der Waals surface area contributed by atoms with Gasteiger partial charge in [0.1, 0.15) is 17.3 Å². The number of aromatic amines is 1. The predicted octanol–water partition coefficient (Wildman–Crippen LogP) is 3.99. The molecule has 0 amide bonds. The molecule has 118 valence electrons. The van der Waals surface area contributed by atoms with E-state index in [1.54, 1.807) is 14.2 Å². The molecule has 2 aromatic carbocycles. The van der Waals surface area contributed by atoms with Gasteiger partial charge in [-0.1, -0.05) is 30.3 Å². The maximum Gasteiger partial charge on any atom is 0.141 e. The molecular formula is C19H20N2O2. The number of aryl methyl sites for hydroxylation is 1. The average molecular weight is 308 g/mol. The summed E-state index contributed by atoms with van der Waals surface area (Å²) >= 11 is 0. The highest BCUT2D eigenvalue weighted by Crippen LogP contribution is 2.32. The number of benzene rings is 2. The van der Waals surface area contributed by atoms with Crippen molar-refractivity contribution in [1.29, 1.82) is 0 Å². The van der Waals surface area contributed by atoms with E-state index in [2.05, 4.69) is 17.1 Å². The van der Waals surface area contributed by atoms with E-state index in [4.69, 9.17) is 14.5 Å². The average Bonchev–Trinajstić information content (AvgIpc) is 2.95. The molecular weight excluding hydrogens is 288 g/mol. The van der Waals surface area contributed by atoms with Crippen LogP contribution >= 0.6 is 0 Å². The summed E-state index contributed by atoms with van der Waals surface area (Å²) in [4.78, 5) is 8.12. The van der Waals surface area contributed by atoms with E-state index in [9.17, 15) is 0 Å². The molecule has 0 radical (unpaired) electrons. The third-order valence-electron chi connectivity index (χ3n) is 3.86. The Morgan fingerprint density at radius 1 is 1.00 bits per heavy atom. The molecule has 0 spiro atoms. The molecule has 0 saturated heterocycles. The van der Waals surface area contributed by atoms with Gasteiger partial charge < -0.3 is 14.5 Å². The smallest absolute Gasteiger partial charge is 0.141 e. The summed E-state index contributed by atoms with van der Waals surface area (Å²) in [6.45, 7) is 2.05. The maximum absolute atomic E-state index is 5.47. The Kier molecular flexibility index (Phi) is 4.33. The van der Waals surface area contributed by atoms with Gasteiger partial charge in [-0.25, -0.2) is 4.98 Å². The van der Waals surface area contributed by atoms with Gasteiger partial charge in [0.25, 0.3) is 0 Å². The Labute approximate surface area is 136 Å². The number of rotatable bonds is 5. The molecule has 1 N–H and O–H groups in total. The zero-order valence-corrected chi connectivity index (χ0v) is 13.6. The number of nitrogens with one attached hydrogen (secondary N) is 1. The SMILES string of the molecule is COc1ccc(-c2nc(Cc3ccccc3)c(C)[nH]2)c(OC)c1. The van der Waals surface area contributed by atoms with Gasteiger partial charge >= 0.3 is 0 Å². The number of nitrogens with zero attached hydrogens (tertiary/aromatic N) is 1. The van der Waals surface area contributed by atoms with Crippen molar-refractivity contribution in [1.82, 2.24) is 9.97 Å². The zero-order chi connectivity index (χ0) is 16.2. The molecule has 3 aromatic rings. The van der Waals surface area contributed by atoms with Gasteiger partial charge in [-0.15, -0.1) is 0 Å². The second-order valence-electron chi connectivity index (χ2n) is 5.39. The minimum absolute atomic E-state index is 0.740. The second-order valence-corrected chi connectivity index (χ2v) is 5.39. The van der Waals surface area contributed by atoms with E-state index in [1.165, 1.54) is 5.56 Å². The van der Waals surface area contributed by atoms with Gasteiger partial charge in [-0.05, 0) is 24.6 Å². The summed E-state index contributed by atoms with van der Waals surface area (Å²) < 4.78 is 10.7. The first-order chi connectivity index (χ1) is 11.2. The summed E-state index contributed by atoms with van der Waals surface area (Å²) in [5, 5.41) is 0. The number of hydrogen-bond acceptors (Lipinski definition) is 3. The maximum atomic E-state index is 5.47. The largest absolute Gasteiger partial charge is 0.497 e. The van der Waals surface area contributed by atoms with Crippen LogP contribution in [0.15, 0.2) is 48.5 Å². The standard InChI is InChI=1S/C19H20N2O2/c1-13-17(11-14-7-5-4-6-8-14)21-19(20-13)16-10-9-15(22-2)12-18(16)23-3/h4-10,12H,11H2,1-3H3,(H,20,21). The van der Waals surface area contributed by atoms with Crippen LogP contribution in [-0.4, -0.2) is 24.2 Å². The second kappa shape index (κ2) is 6.57.